The Morgan fingerprint density at radius 3 is 3.06 bits per heavy atom. The molecule has 1 aromatic heterocycles. The van der Waals surface area contributed by atoms with Crippen LogP contribution in [0.25, 0.3) is 10.9 Å². The molecule has 2 rings (SSSR count). The van der Waals surface area contributed by atoms with Gasteiger partial charge in [-0.2, -0.15) is 10.2 Å². The highest BCUT2D eigenvalue weighted by molar-refractivity contribution is 7.79. The maximum absolute atomic E-state index is 10.3. The minimum absolute atomic E-state index is 0.203. The second-order valence-electron chi connectivity index (χ2n) is 3.07. The van der Waals surface area contributed by atoms with Crippen LogP contribution in [0, 0.1) is 0 Å². The second kappa shape index (κ2) is 4.91. The van der Waals surface area contributed by atoms with Crippen molar-refractivity contribution in [2.24, 2.45) is 10.2 Å². The van der Waals surface area contributed by atoms with Gasteiger partial charge in [-0.1, -0.05) is 6.07 Å². The first kappa shape index (κ1) is 10.8. The normalized spacial score (nSPS) is 13.3. The fourth-order valence-corrected chi connectivity index (χ4v) is 1.44. The Bertz CT molecular complexity index is 557. The Morgan fingerprint density at radius 1 is 1.38 bits per heavy atom. The van der Waals surface area contributed by atoms with Gasteiger partial charge >= 0.3 is 0 Å². The molecule has 0 bridgehead atoms. The van der Waals surface area contributed by atoms with Crippen LogP contribution in [0.4, 0.5) is 5.69 Å². The second-order valence-corrected chi connectivity index (χ2v) is 3.97. The highest BCUT2D eigenvalue weighted by Gasteiger charge is 1.95. The molecular formula is C10H9N3O2S. The Balaban J connectivity index is 2.26. The van der Waals surface area contributed by atoms with Crippen molar-refractivity contribution >= 4 is 27.7 Å². The first-order chi connectivity index (χ1) is 7.75. The summed E-state index contributed by atoms with van der Waals surface area (Å²) in [6, 6.07) is 9.18. The van der Waals surface area contributed by atoms with E-state index < -0.39 is 11.1 Å². The maximum Gasteiger partial charge on any atom is 0.177 e. The number of hydrogen-bond acceptors (Lipinski definition) is 4. The lowest BCUT2D eigenvalue weighted by atomic mass is 10.2. The third-order valence-corrected chi connectivity index (χ3v) is 2.28. The summed E-state index contributed by atoms with van der Waals surface area (Å²) < 4.78 is 18.9. The predicted molar refractivity (Wildman–Crippen MR) is 61.9 cm³/mol. The molecule has 0 fully saturated rings. The molecule has 6 heteroatoms. The third kappa shape index (κ3) is 2.68. The largest absolute Gasteiger partial charge is 0.305 e. The SMILES string of the molecule is O=S(O)CN=Nc1ccc2ncccc2c1. The van der Waals surface area contributed by atoms with Gasteiger partial charge in [0.05, 0.1) is 11.2 Å². The molecule has 0 aliphatic rings. The average Bonchev–Trinajstić information content (AvgIpc) is 2.28. The number of aromatic nitrogens is 1. The van der Waals surface area contributed by atoms with Crippen LogP contribution in [-0.2, 0) is 11.1 Å². The molecule has 2 aromatic rings. The zero-order valence-electron chi connectivity index (χ0n) is 8.28. The van der Waals surface area contributed by atoms with Crippen LogP contribution in [-0.4, -0.2) is 19.6 Å². The molecule has 0 radical (unpaired) electrons. The number of rotatable bonds is 3. The van der Waals surface area contributed by atoms with Crippen molar-refractivity contribution in [2.75, 3.05) is 5.88 Å². The van der Waals surface area contributed by atoms with E-state index in [1.807, 2.05) is 24.3 Å². The molecule has 5 nitrogen and oxygen atoms in total. The van der Waals surface area contributed by atoms with Gasteiger partial charge in [0.2, 0.25) is 0 Å². The predicted octanol–water partition coefficient (Wildman–Crippen LogP) is 2.50. The molecule has 0 saturated heterocycles. The first-order valence-electron chi connectivity index (χ1n) is 4.55. The van der Waals surface area contributed by atoms with Crippen molar-refractivity contribution in [3.8, 4) is 0 Å². The summed E-state index contributed by atoms with van der Waals surface area (Å²) in [6.45, 7) is 0. The van der Waals surface area contributed by atoms with Gasteiger partial charge in [0.25, 0.3) is 0 Å². The molecule has 0 aliphatic heterocycles. The molecule has 0 saturated carbocycles. The van der Waals surface area contributed by atoms with Gasteiger partial charge in [-0.05, 0) is 24.3 Å². The van der Waals surface area contributed by atoms with Crippen molar-refractivity contribution in [1.82, 2.24) is 4.98 Å². The van der Waals surface area contributed by atoms with E-state index in [4.69, 9.17) is 4.55 Å². The summed E-state index contributed by atoms with van der Waals surface area (Å²) in [7, 11) is 0. The quantitative estimate of drug-likeness (QED) is 0.656. The van der Waals surface area contributed by atoms with Gasteiger partial charge in [0.15, 0.2) is 17.0 Å². The summed E-state index contributed by atoms with van der Waals surface area (Å²) in [5.74, 6) is -0.203. The van der Waals surface area contributed by atoms with E-state index in [1.54, 1.807) is 12.3 Å². The van der Waals surface area contributed by atoms with Crippen molar-refractivity contribution in [3.63, 3.8) is 0 Å². The number of benzene rings is 1. The van der Waals surface area contributed by atoms with E-state index in [1.165, 1.54) is 0 Å². The van der Waals surface area contributed by atoms with Crippen LogP contribution in [0.5, 0.6) is 0 Å². The number of nitrogens with zero attached hydrogens (tertiary/aromatic N) is 3. The van der Waals surface area contributed by atoms with Crippen LogP contribution >= 0.6 is 0 Å². The van der Waals surface area contributed by atoms with Crippen molar-refractivity contribution in [1.29, 1.82) is 0 Å². The summed E-state index contributed by atoms with van der Waals surface area (Å²) in [5, 5.41) is 8.41. The van der Waals surface area contributed by atoms with E-state index >= 15 is 0 Å². The molecule has 1 unspecified atom stereocenters. The summed E-state index contributed by atoms with van der Waals surface area (Å²) in [6.07, 6.45) is 1.72. The fraction of sp³-hybridized carbons (Fsp3) is 0.100. The Morgan fingerprint density at radius 2 is 2.25 bits per heavy atom. The van der Waals surface area contributed by atoms with E-state index in [-0.39, 0.29) is 5.88 Å². The average molecular weight is 235 g/mol. The third-order valence-electron chi connectivity index (χ3n) is 1.94. The Hall–Kier alpha value is -1.66. The van der Waals surface area contributed by atoms with Gasteiger partial charge in [-0.15, -0.1) is 0 Å². The van der Waals surface area contributed by atoms with Crippen LogP contribution in [0.15, 0.2) is 46.8 Å². The lowest BCUT2D eigenvalue weighted by Gasteiger charge is -1.96. The van der Waals surface area contributed by atoms with Crippen molar-refractivity contribution in [2.45, 2.75) is 0 Å². The lowest BCUT2D eigenvalue weighted by molar-refractivity contribution is 0.564. The zero-order chi connectivity index (χ0) is 11.4. The molecule has 1 heterocycles. The van der Waals surface area contributed by atoms with Gasteiger partial charge < -0.3 is 4.55 Å². The van der Waals surface area contributed by atoms with Gasteiger partial charge in [0, 0.05) is 11.6 Å². The Labute approximate surface area is 94.5 Å². The number of hydrogen-bond donors (Lipinski definition) is 1. The first-order valence-corrected chi connectivity index (χ1v) is 5.83. The van der Waals surface area contributed by atoms with Crippen molar-refractivity contribution < 1.29 is 8.76 Å². The van der Waals surface area contributed by atoms with Crippen LogP contribution in [0.1, 0.15) is 0 Å². The molecule has 1 atom stereocenters. The summed E-state index contributed by atoms with van der Waals surface area (Å²) in [5.41, 5.74) is 1.53. The molecule has 82 valence electrons. The summed E-state index contributed by atoms with van der Waals surface area (Å²) in [4.78, 5) is 4.17. The molecule has 1 N–H and O–H groups in total. The van der Waals surface area contributed by atoms with Crippen molar-refractivity contribution in [3.05, 3.63) is 36.5 Å². The fourth-order valence-electron chi connectivity index (χ4n) is 1.29. The van der Waals surface area contributed by atoms with Crippen LogP contribution in [0.3, 0.4) is 0 Å². The topological polar surface area (TPSA) is 74.9 Å². The highest BCUT2D eigenvalue weighted by Crippen LogP contribution is 2.19. The lowest BCUT2D eigenvalue weighted by Crippen LogP contribution is -1.88. The maximum atomic E-state index is 10.3. The highest BCUT2D eigenvalue weighted by atomic mass is 32.2. The zero-order valence-corrected chi connectivity index (χ0v) is 9.09. The molecule has 0 aliphatic carbocycles. The van der Waals surface area contributed by atoms with E-state index in [0.717, 1.165) is 10.9 Å². The number of pyridine rings is 1. The van der Waals surface area contributed by atoms with Crippen LogP contribution in [0.2, 0.25) is 0 Å². The van der Waals surface area contributed by atoms with Gasteiger partial charge in [0.1, 0.15) is 0 Å². The number of fused-ring (bicyclic) bond motifs is 1. The minimum atomic E-state index is -1.94. The molecule has 0 spiro atoms. The van der Waals surface area contributed by atoms with E-state index in [9.17, 15) is 4.21 Å². The van der Waals surface area contributed by atoms with E-state index in [2.05, 4.69) is 15.2 Å². The Kier molecular flexibility index (Phi) is 3.33. The van der Waals surface area contributed by atoms with Gasteiger partial charge in [-0.3, -0.25) is 4.98 Å². The smallest absolute Gasteiger partial charge is 0.177 e. The molecular weight excluding hydrogens is 226 g/mol. The summed E-state index contributed by atoms with van der Waals surface area (Å²) >= 11 is -1.94. The van der Waals surface area contributed by atoms with E-state index in [0.29, 0.717) is 5.69 Å². The number of azo groups is 1. The minimum Gasteiger partial charge on any atom is -0.305 e. The molecule has 16 heavy (non-hydrogen) atoms. The molecule has 0 amide bonds. The monoisotopic (exact) mass is 235 g/mol. The van der Waals surface area contributed by atoms with Gasteiger partial charge in [-0.25, -0.2) is 4.21 Å². The molecule has 1 aromatic carbocycles. The standard InChI is InChI=1S/C10H9N3O2S/c14-16(15)7-12-13-9-3-4-10-8(6-9)2-1-5-11-10/h1-6H,7H2,(H,14,15). The van der Waals surface area contributed by atoms with Crippen LogP contribution < -0.4 is 0 Å².